The van der Waals surface area contributed by atoms with Crippen LogP contribution in [0.1, 0.15) is 336 Å². The molecule has 19 heteroatoms. The van der Waals surface area contributed by atoms with Crippen molar-refractivity contribution in [3.05, 3.63) is 109 Å². The van der Waals surface area contributed by atoms with Crippen LogP contribution in [0.15, 0.2) is 109 Å². The van der Waals surface area contributed by atoms with Gasteiger partial charge in [0.05, 0.1) is 26.4 Å². The summed E-state index contributed by atoms with van der Waals surface area (Å²) in [4.78, 5) is 73.0. The van der Waals surface area contributed by atoms with E-state index >= 15 is 0 Å². The van der Waals surface area contributed by atoms with Crippen molar-refractivity contribution in [3.8, 4) is 0 Å². The third kappa shape index (κ3) is 74.0. The predicted molar refractivity (Wildman–Crippen MR) is 418 cm³/mol. The van der Waals surface area contributed by atoms with Gasteiger partial charge in [0.1, 0.15) is 19.3 Å². The van der Waals surface area contributed by atoms with Gasteiger partial charge in [-0.2, -0.15) is 0 Å². The van der Waals surface area contributed by atoms with Crippen LogP contribution in [0, 0.1) is 0 Å². The zero-order valence-electron chi connectivity index (χ0n) is 64.3. The zero-order valence-corrected chi connectivity index (χ0v) is 66.0. The second-order valence-corrected chi connectivity index (χ2v) is 29.5. The lowest BCUT2D eigenvalue weighted by Gasteiger charge is -2.21. The molecule has 588 valence electrons. The Balaban J connectivity index is 5.39. The van der Waals surface area contributed by atoms with Crippen LogP contribution in [0.2, 0.25) is 0 Å². The summed E-state index contributed by atoms with van der Waals surface area (Å²) in [6, 6.07) is 0. The number of hydrogen-bond donors (Lipinski definition) is 3. The lowest BCUT2D eigenvalue weighted by Crippen LogP contribution is -2.30. The molecule has 102 heavy (non-hydrogen) atoms. The standard InChI is InChI=1S/C83H144O17P2/c1-5-9-13-17-21-25-29-33-36-38-41-45-48-52-56-60-64-68-81(86)94-74-79(100-83(88)70-66-62-58-54-50-46-42-39-37-34-30-26-22-18-14-10-6-2)76-98-102(91,92)96-72-77(84)71-95-101(89,90)97-75-78(99-82(87)69-65-61-57-53-49-43-32-28-24-20-16-12-8-4)73-93-80(85)67-63-59-55-51-47-44-40-35-31-27-23-19-15-11-7-3/h9-10,13-14,21-22,25-26,28,32-37,40-41,45,77-79,84H,5-8,11-12,15-20,23-24,27,29-31,38-39,42-44,46-76H2,1-4H3,(H,89,90)(H,91,92)/b13-9-,14-10-,25-21-,26-22-,32-28-,36-33-,37-34-,40-35-,45-41-. The molecule has 0 heterocycles. The topological polar surface area (TPSA) is 237 Å². The van der Waals surface area contributed by atoms with E-state index in [1.165, 1.54) is 64.2 Å². The van der Waals surface area contributed by atoms with Gasteiger partial charge in [-0.1, -0.05) is 272 Å². The largest absolute Gasteiger partial charge is 0.472 e. The van der Waals surface area contributed by atoms with Gasteiger partial charge >= 0.3 is 39.5 Å². The number of aliphatic hydroxyl groups excluding tert-OH is 1. The number of aliphatic hydroxyl groups is 1. The number of allylic oxidation sites excluding steroid dienone is 18. The van der Waals surface area contributed by atoms with E-state index in [1.807, 2.05) is 0 Å². The Hall–Kier alpha value is -4.28. The maximum atomic E-state index is 13.1. The number of carbonyl (C=O) groups excluding carboxylic acids is 4. The Morgan fingerprint density at radius 3 is 0.804 bits per heavy atom. The molecular weight excluding hydrogens is 1330 g/mol. The van der Waals surface area contributed by atoms with Crippen molar-refractivity contribution >= 4 is 39.5 Å². The van der Waals surface area contributed by atoms with Gasteiger partial charge < -0.3 is 33.8 Å². The molecule has 0 aliphatic carbocycles. The SMILES string of the molecule is CC/C=C\C/C=C\C/C=C\C/C=C\CCCCCCC(=O)OCC(COP(=O)(O)OCC(O)COP(=O)(O)OCC(COC(=O)CCCCCCC/C=C\CCCCCCCC)OC(=O)CCCCCCC/C=C\CCCCCC)OC(=O)CCCCCCCCC/C=C\C/C=C\C/C=C\CC. The van der Waals surface area contributed by atoms with E-state index in [0.717, 1.165) is 193 Å². The van der Waals surface area contributed by atoms with Gasteiger partial charge in [-0.15, -0.1) is 0 Å². The molecule has 0 spiro atoms. The van der Waals surface area contributed by atoms with Crippen molar-refractivity contribution in [2.24, 2.45) is 0 Å². The maximum absolute atomic E-state index is 13.1. The van der Waals surface area contributed by atoms with Gasteiger partial charge in [0, 0.05) is 25.7 Å². The number of ether oxygens (including phenoxy) is 4. The van der Waals surface area contributed by atoms with Gasteiger partial charge in [0.2, 0.25) is 0 Å². The summed E-state index contributed by atoms with van der Waals surface area (Å²) in [5.41, 5.74) is 0. The van der Waals surface area contributed by atoms with E-state index in [9.17, 15) is 43.2 Å². The first-order chi connectivity index (χ1) is 49.7. The number of phosphoric acid groups is 2. The highest BCUT2D eigenvalue weighted by Gasteiger charge is 2.30. The highest BCUT2D eigenvalue weighted by Crippen LogP contribution is 2.45. The average Bonchev–Trinajstić information content (AvgIpc) is 0.959. The minimum absolute atomic E-state index is 0.0764. The first kappa shape index (κ1) is 97.7. The number of carbonyl (C=O) groups is 4. The maximum Gasteiger partial charge on any atom is 0.472 e. The van der Waals surface area contributed by atoms with Crippen LogP contribution in [0.3, 0.4) is 0 Å². The Morgan fingerprint density at radius 1 is 0.284 bits per heavy atom. The molecule has 0 aromatic carbocycles. The molecule has 5 unspecified atom stereocenters. The molecule has 0 bridgehead atoms. The Bertz CT molecular complexity index is 2360. The molecule has 0 aromatic rings. The van der Waals surface area contributed by atoms with E-state index in [2.05, 4.69) is 137 Å². The molecule has 3 N–H and O–H groups in total. The molecule has 0 aliphatic rings. The monoisotopic (exact) mass is 1470 g/mol. The molecule has 0 fully saturated rings. The lowest BCUT2D eigenvalue weighted by molar-refractivity contribution is -0.161. The summed E-state index contributed by atoms with van der Waals surface area (Å²) in [6.07, 6.45) is 80.6. The highest BCUT2D eigenvalue weighted by molar-refractivity contribution is 7.47. The third-order valence-corrected chi connectivity index (χ3v) is 18.6. The van der Waals surface area contributed by atoms with Crippen LogP contribution in [-0.2, 0) is 65.4 Å². The molecule has 0 saturated carbocycles. The van der Waals surface area contributed by atoms with Crippen LogP contribution >= 0.6 is 15.6 Å². The van der Waals surface area contributed by atoms with Crippen molar-refractivity contribution < 1.29 is 80.2 Å². The third-order valence-electron chi connectivity index (χ3n) is 16.7. The molecule has 0 aromatic heterocycles. The van der Waals surface area contributed by atoms with Crippen LogP contribution in [-0.4, -0.2) is 96.7 Å². The molecule has 5 atom stereocenters. The van der Waals surface area contributed by atoms with Gasteiger partial charge in [0.25, 0.3) is 0 Å². The minimum Gasteiger partial charge on any atom is -0.462 e. The summed E-state index contributed by atoms with van der Waals surface area (Å²) in [5.74, 6) is -2.22. The van der Waals surface area contributed by atoms with Crippen molar-refractivity contribution in [1.29, 1.82) is 0 Å². The summed E-state index contributed by atoms with van der Waals surface area (Å²) < 4.78 is 68.6. The normalized spacial score (nSPS) is 14.5. The second kappa shape index (κ2) is 75.0. The number of hydrogen-bond acceptors (Lipinski definition) is 15. The predicted octanol–water partition coefficient (Wildman–Crippen LogP) is 23.3. The fraction of sp³-hybridized carbons (Fsp3) is 0.735. The Labute approximate surface area is 619 Å². The van der Waals surface area contributed by atoms with E-state index in [1.54, 1.807) is 0 Å². The van der Waals surface area contributed by atoms with Gasteiger partial charge in [0.15, 0.2) is 12.2 Å². The molecule has 0 rings (SSSR count). The summed E-state index contributed by atoms with van der Waals surface area (Å²) in [5, 5.41) is 10.6. The Morgan fingerprint density at radius 2 is 0.510 bits per heavy atom. The fourth-order valence-corrected chi connectivity index (χ4v) is 12.2. The van der Waals surface area contributed by atoms with E-state index < -0.39 is 97.5 Å². The molecular formula is C83H144O17P2. The lowest BCUT2D eigenvalue weighted by atomic mass is 10.1. The van der Waals surface area contributed by atoms with E-state index in [0.29, 0.717) is 25.7 Å². The van der Waals surface area contributed by atoms with Crippen molar-refractivity contribution in [2.45, 2.75) is 354 Å². The van der Waals surface area contributed by atoms with Crippen molar-refractivity contribution in [1.82, 2.24) is 0 Å². The molecule has 0 radical (unpaired) electrons. The summed E-state index contributed by atoms with van der Waals surface area (Å²) in [7, 11) is -9.97. The highest BCUT2D eigenvalue weighted by atomic mass is 31.2. The van der Waals surface area contributed by atoms with Gasteiger partial charge in [-0.25, -0.2) is 9.13 Å². The van der Waals surface area contributed by atoms with Crippen LogP contribution in [0.25, 0.3) is 0 Å². The van der Waals surface area contributed by atoms with E-state index in [-0.39, 0.29) is 25.7 Å². The first-order valence-corrected chi connectivity index (χ1v) is 43.1. The number of unbranched alkanes of at least 4 members (excludes halogenated alkanes) is 31. The number of esters is 4. The molecule has 0 aliphatic heterocycles. The van der Waals surface area contributed by atoms with Gasteiger partial charge in [-0.05, 0) is 148 Å². The van der Waals surface area contributed by atoms with Crippen LogP contribution < -0.4 is 0 Å². The number of phosphoric ester groups is 2. The van der Waals surface area contributed by atoms with Crippen molar-refractivity contribution in [3.63, 3.8) is 0 Å². The smallest absolute Gasteiger partial charge is 0.462 e. The number of rotatable bonds is 75. The molecule has 17 nitrogen and oxygen atoms in total. The Kier molecular flexibility index (Phi) is 71.8. The summed E-state index contributed by atoms with van der Waals surface area (Å²) in [6.45, 7) is 4.61. The minimum atomic E-state index is -4.99. The first-order valence-electron chi connectivity index (χ1n) is 40.1. The summed E-state index contributed by atoms with van der Waals surface area (Å²) >= 11 is 0. The molecule has 0 amide bonds. The van der Waals surface area contributed by atoms with E-state index in [4.69, 9.17) is 37.0 Å². The van der Waals surface area contributed by atoms with Crippen LogP contribution in [0.4, 0.5) is 0 Å². The second-order valence-electron chi connectivity index (χ2n) is 26.6. The quantitative estimate of drug-likeness (QED) is 0.0169. The van der Waals surface area contributed by atoms with Gasteiger partial charge in [-0.3, -0.25) is 37.3 Å². The fourth-order valence-electron chi connectivity index (χ4n) is 10.6. The zero-order chi connectivity index (χ0) is 74.6. The molecule has 0 saturated heterocycles. The van der Waals surface area contributed by atoms with Crippen molar-refractivity contribution in [2.75, 3.05) is 39.6 Å². The van der Waals surface area contributed by atoms with Crippen LogP contribution in [0.5, 0.6) is 0 Å². The average molecular weight is 1480 g/mol.